The van der Waals surface area contributed by atoms with Gasteiger partial charge in [-0.25, -0.2) is 9.59 Å². The standard InChI is InChI=1S/C18H21N3O3S.2C2HF3O2/c22-17-10-24-18(13-21(17)16-3-7-25-11-16)12-20(5-6-23-14-18)9-15-2-1-4-19-8-15;2*3-2(4,5)1(6)7/h1-4,7-8,11H,5-6,9-10,12-14H2;2*(H,6,7). The summed E-state index contributed by atoms with van der Waals surface area (Å²) in [5, 5.41) is 18.2. The molecule has 2 N–H and O–H groups in total. The van der Waals surface area contributed by atoms with Crippen molar-refractivity contribution in [1.82, 2.24) is 9.88 Å². The predicted molar refractivity (Wildman–Crippen MR) is 123 cm³/mol. The molecular formula is C22H23F6N3O7S. The number of anilines is 1. The van der Waals surface area contributed by atoms with Gasteiger partial charge in [-0.2, -0.15) is 37.7 Å². The van der Waals surface area contributed by atoms with Crippen LogP contribution in [-0.4, -0.2) is 95.4 Å². The molecule has 10 nitrogen and oxygen atoms in total. The molecular weight excluding hydrogens is 564 g/mol. The molecule has 39 heavy (non-hydrogen) atoms. The molecule has 0 saturated carbocycles. The summed E-state index contributed by atoms with van der Waals surface area (Å²) in [6.07, 6.45) is -6.49. The number of hydrogen-bond donors (Lipinski definition) is 2. The summed E-state index contributed by atoms with van der Waals surface area (Å²) in [5.74, 6) is -5.51. The summed E-state index contributed by atoms with van der Waals surface area (Å²) in [4.78, 5) is 38.5. The number of hydrogen-bond acceptors (Lipinski definition) is 8. The van der Waals surface area contributed by atoms with Crippen LogP contribution in [0.15, 0.2) is 41.4 Å². The normalized spacial score (nSPS) is 20.3. The monoisotopic (exact) mass is 587 g/mol. The molecule has 0 aromatic carbocycles. The van der Waals surface area contributed by atoms with Crippen molar-refractivity contribution >= 4 is 34.9 Å². The molecule has 1 spiro atoms. The summed E-state index contributed by atoms with van der Waals surface area (Å²) < 4.78 is 75.3. The number of aromatic nitrogens is 1. The minimum absolute atomic E-state index is 0.00656. The fraction of sp³-hybridized carbons (Fsp3) is 0.455. The third-order valence-electron chi connectivity index (χ3n) is 5.11. The number of carbonyl (C=O) groups excluding carboxylic acids is 1. The molecule has 0 bridgehead atoms. The molecule has 17 heteroatoms. The van der Waals surface area contributed by atoms with Gasteiger partial charge in [0.2, 0.25) is 0 Å². The maximum absolute atomic E-state index is 12.3. The molecule has 0 aliphatic carbocycles. The zero-order valence-electron chi connectivity index (χ0n) is 19.9. The summed E-state index contributed by atoms with van der Waals surface area (Å²) in [5.41, 5.74) is 1.62. The zero-order chi connectivity index (χ0) is 29.3. The van der Waals surface area contributed by atoms with Crippen LogP contribution in [0.5, 0.6) is 0 Å². The van der Waals surface area contributed by atoms with Crippen LogP contribution in [0.1, 0.15) is 5.56 Å². The average Bonchev–Trinajstić information content (AvgIpc) is 3.31. The molecule has 0 radical (unpaired) electrons. The lowest BCUT2D eigenvalue weighted by molar-refractivity contribution is -0.193. The Morgan fingerprint density at radius 1 is 1.08 bits per heavy atom. The number of aliphatic carboxylic acids is 2. The molecule has 2 aromatic rings. The van der Waals surface area contributed by atoms with E-state index in [2.05, 4.69) is 16.0 Å². The molecule has 2 fully saturated rings. The van der Waals surface area contributed by atoms with Crippen LogP contribution in [0.2, 0.25) is 0 Å². The van der Waals surface area contributed by atoms with Crippen LogP contribution < -0.4 is 4.90 Å². The topological polar surface area (TPSA) is 130 Å². The molecule has 4 rings (SSSR count). The van der Waals surface area contributed by atoms with Crippen molar-refractivity contribution in [3.8, 4) is 0 Å². The Labute approximate surface area is 221 Å². The molecule has 1 amide bonds. The lowest BCUT2D eigenvalue weighted by Crippen LogP contribution is -2.60. The van der Waals surface area contributed by atoms with Crippen molar-refractivity contribution in [3.05, 3.63) is 46.9 Å². The van der Waals surface area contributed by atoms with Crippen LogP contribution in [0.4, 0.5) is 32.0 Å². The Morgan fingerprint density at radius 3 is 2.23 bits per heavy atom. The van der Waals surface area contributed by atoms with E-state index in [1.807, 2.05) is 34.0 Å². The number of rotatable bonds is 3. The van der Waals surface area contributed by atoms with E-state index in [1.54, 1.807) is 17.5 Å². The fourth-order valence-electron chi connectivity index (χ4n) is 3.41. The highest BCUT2D eigenvalue weighted by atomic mass is 32.1. The van der Waals surface area contributed by atoms with Crippen molar-refractivity contribution < 1.29 is 60.4 Å². The predicted octanol–water partition coefficient (Wildman–Crippen LogP) is 3.04. The molecule has 1 atom stereocenters. The van der Waals surface area contributed by atoms with Gasteiger partial charge in [0.1, 0.15) is 12.2 Å². The van der Waals surface area contributed by atoms with Gasteiger partial charge in [-0.1, -0.05) is 6.07 Å². The number of amides is 1. The molecule has 2 aromatic heterocycles. The molecule has 2 aliphatic rings. The maximum atomic E-state index is 12.3. The lowest BCUT2D eigenvalue weighted by atomic mass is 10.0. The molecule has 2 saturated heterocycles. The first-order chi connectivity index (χ1) is 18.1. The molecule has 216 valence electrons. The van der Waals surface area contributed by atoms with Crippen molar-refractivity contribution in [3.63, 3.8) is 0 Å². The maximum Gasteiger partial charge on any atom is 0.490 e. The largest absolute Gasteiger partial charge is 0.490 e. The summed E-state index contributed by atoms with van der Waals surface area (Å²) in [7, 11) is 0. The number of pyridine rings is 1. The van der Waals surface area contributed by atoms with Crippen LogP contribution in [-0.2, 0) is 30.4 Å². The smallest absolute Gasteiger partial charge is 0.475 e. The van der Waals surface area contributed by atoms with Gasteiger partial charge in [-0.05, 0) is 23.1 Å². The second kappa shape index (κ2) is 13.7. The number of carboxylic acid groups (broad SMARTS) is 2. The number of nitrogens with zero attached hydrogens (tertiary/aromatic N) is 3. The third-order valence-corrected chi connectivity index (χ3v) is 5.78. The van der Waals surface area contributed by atoms with E-state index in [0.29, 0.717) is 19.8 Å². The van der Waals surface area contributed by atoms with Gasteiger partial charge < -0.3 is 24.6 Å². The van der Waals surface area contributed by atoms with Crippen LogP contribution in [0.3, 0.4) is 0 Å². The average molecular weight is 587 g/mol. The van der Waals surface area contributed by atoms with Gasteiger partial charge in [-0.3, -0.25) is 14.7 Å². The molecule has 2 aliphatic heterocycles. The fourth-order valence-corrected chi connectivity index (χ4v) is 4.05. The van der Waals surface area contributed by atoms with Gasteiger partial charge >= 0.3 is 24.3 Å². The second-order valence-electron chi connectivity index (χ2n) is 8.16. The number of carbonyl (C=O) groups is 3. The third kappa shape index (κ3) is 10.4. The molecule has 1 unspecified atom stereocenters. The second-order valence-corrected chi connectivity index (χ2v) is 8.94. The zero-order valence-corrected chi connectivity index (χ0v) is 20.8. The Kier molecular flexibility index (Phi) is 11.2. The van der Waals surface area contributed by atoms with E-state index >= 15 is 0 Å². The lowest BCUT2D eigenvalue weighted by Gasteiger charge is -2.42. The Balaban J connectivity index is 0.000000317. The Bertz CT molecular complexity index is 1060. The summed E-state index contributed by atoms with van der Waals surface area (Å²) in [6.45, 7) is 4.16. The van der Waals surface area contributed by atoms with E-state index in [9.17, 15) is 31.1 Å². The minimum atomic E-state index is -5.08. The highest BCUT2D eigenvalue weighted by molar-refractivity contribution is 7.08. The minimum Gasteiger partial charge on any atom is -0.475 e. The van der Waals surface area contributed by atoms with E-state index < -0.39 is 29.9 Å². The van der Waals surface area contributed by atoms with E-state index in [1.165, 1.54) is 5.56 Å². The van der Waals surface area contributed by atoms with Gasteiger partial charge in [0.05, 0.1) is 25.4 Å². The van der Waals surface area contributed by atoms with Crippen LogP contribution in [0, 0.1) is 0 Å². The first-order valence-electron chi connectivity index (χ1n) is 10.9. The summed E-state index contributed by atoms with van der Waals surface area (Å²) >= 11 is 1.59. The quantitative estimate of drug-likeness (QED) is 0.521. The Hall–Kier alpha value is -3.28. The number of ether oxygens (including phenoxy) is 2. The first-order valence-corrected chi connectivity index (χ1v) is 11.8. The van der Waals surface area contributed by atoms with Crippen LogP contribution in [0.25, 0.3) is 0 Å². The van der Waals surface area contributed by atoms with Gasteiger partial charge in [0.25, 0.3) is 5.91 Å². The number of thiophene rings is 1. The van der Waals surface area contributed by atoms with Gasteiger partial charge in [-0.15, -0.1) is 0 Å². The van der Waals surface area contributed by atoms with Crippen molar-refractivity contribution in [2.24, 2.45) is 0 Å². The Morgan fingerprint density at radius 2 is 1.72 bits per heavy atom. The number of alkyl halides is 6. The number of carboxylic acids is 2. The first kappa shape index (κ1) is 31.9. The van der Waals surface area contributed by atoms with Crippen molar-refractivity contribution in [1.29, 1.82) is 0 Å². The van der Waals surface area contributed by atoms with Crippen molar-refractivity contribution in [2.75, 3.05) is 44.4 Å². The van der Waals surface area contributed by atoms with Crippen molar-refractivity contribution in [2.45, 2.75) is 24.5 Å². The number of halogens is 6. The number of morpholine rings is 1. The van der Waals surface area contributed by atoms with Gasteiger partial charge in [0, 0.05) is 37.4 Å². The van der Waals surface area contributed by atoms with E-state index in [4.69, 9.17) is 29.3 Å². The highest BCUT2D eigenvalue weighted by Gasteiger charge is 2.43. The van der Waals surface area contributed by atoms with E-state index in [-0.39, 0.29) is 12.5 Å². The van der Waals surface area contributed by atoms with Crippen LogP contribution >= 0.6 is 11.3 Å². The molecule has 4 heterocycles. The highest BCUT2D eigenvalue weighted by Crippen LogP contribution is 2.29. The van der Waals surface area contributed by atoms with E-state index in [0.717, 1.165) is 25.3 Å². The van der Waals surface area contributed by atoms with Gasteiger partial charge in [0.15, 0.2) is 0 Å². The summed E-state index contributed by atoms with van der Waals surface area (Å²) in [6, 6.07) is 6.01. The SMILES string of the molecule is O=C(O)C(F)(F)F.O=C(O)C(F)(F)F.O=C1COC2(COCCN(Cc3cccnc3)C2)CN1c1ccsc1.